The number of aromatic nitrogens is 3. The van der Waals surface area contributed by atoms with Crippen molar-refractivity contribution >= 4 is 35.6 Å². The van der Waals surface area contributed by atoms with E-state index in [0.717, 1.165) is 51.8 Å². The first kappa shape index (κ1) is 22.7. The lowest BCUT2D eigenvalue weighted by Gasteiger charge is -2.17. The molecular formula is C23H26N6OS2. The molecular weight excluding hydrogens is 440 g/mol. The molecule has 0 bridgehead atoms. The van der Waals surface area contributed by atoms with Gasteiger partial charge in [0.1, 0.15) is 10.8 Å². The van der Waals surface area contributed by atoms with Crippen LogP contribution in [0.15, 0.2) is 47.9 Å². The van der Waals surface area contributed by atoms with Crippen LogP contribution in [0.25, 0.3) is 22.4 Å². The van der Waals surface area contributed by atoms with E-state index in [4.69, 9.17) is 20.9 Å². The van der Waals surface area contributed by atoms with Gasteiger partial charge >= 0.3 is 0 Å². The maximum atomic E-state index is 7.73. The number of fused-ring (bicyclic) bond motifs is 1. The van der Waals surface area contributed by atoms with Gasteiger partial charge in [-0.1, -0.05) is 17.8 Å². The maximum absolute atomic E-state index is 7.73. The first-order chi connectivity index (χ1) is 15.7. The number of ether oxygens (including phenoxy) is 1. The molecule has 1 aliphatic heterocycles. The highest BCUT2D eigenvalue weighted by molar-refractivity contribution is 8.17. The Morgan fingerprint density at radius 1 is 1.31 bits per heavy atom. The monoisotopic (exact) mass is 466 g/mol. The first-order valence-electron chi connectivity index (χ1n) is 10.3. The van der Waals surface area contributed by atoms with E-state index < -0.39 is 0 Å². The molecule has 3 aromatic rings. The minimum Gasteiger partial charge on any atom is -0.385 e. The zero-order valence-corrected chi connectivity index (χ0v) is 19.7. The number of anilines is 1. The van der Waals surface area contributed by atoms with Gasteiger partial charge in [0, 0.05) is 67.8 Å². The Labute approximate surface area is 196 Å². The van der Waals surface area contributed by atoms with Gasteiger partial charge in [-0.05, 0) is 35.9 Å². The normalized spacial score (nSPS) is 17.2. The standard InChI is InChI=1S/C23H26N6OS2/c1-26-21-15(11-24)9-16(13-28-21)18-10-17(14-5-3-6-27-12-14)19-20(25)23(32-22(19)29-18)31-8-4-7-30-2/h3,5-6,9-13,20,23-24H,4,7-8,25H2,1-2H3,(H,26,28). The fourth-order valence-corrected chi connectivity index (χ4v) is 6.37. The quantitative estimate of drug-likeness (QED) is 0.313. The highest BCUT2D eigenvalue weighted by atomic mass is 32.2. The van der Waals surface area contributed by atoms with Crippen LogP contribution in [-0.4, -0.2) is 52.3 Å². The molecule has 2 atom stereocenters. The number of hydrogen-bond donors (Lipinski definition) is 3. The summed E-state index contributed by atoms with van der Waals surface area (Å²) in [6.07, 6.45) is 7.71. The van der Waals surface area contributed by atoms with Crippen molar-refractivity contribution in [2.75, 3.05) is 31.8 Å². The summed E-state index contributed by atoms with van der Waals surface area (Å²) in [6.45, 7) is 0.751. The summed E-state index contributed by atoms with van der Waals surface area (Å²) in [5, 5.41) is 11.7. The van der Waals surface area contributed by atoms with Gasteiger partial charge in [0.2, 0.25) is 0 Å². The fourth-order valence-electron chi connectivity index (χ4n) is 3.65. The van der Waals surface area contributed by atoms with Crippen LogP contribution >= 0.6 is 23.5 Å². The highest BCUT2D eigenvalue weighted by Gasteiger charge is 2.35. The molecule has 0 saturated heterocycles. The van der Waals surface area contributed by atoms with Gasteiger partial charge in [-0.25, -0.2) is 9.97 Å². The largest absolute Gasteiger partial charge is 0.385 e. The number of nitrogens with two attached hydrogens (primary N) is 1. The summed E-state index contributed by atoms with van der Waals surface area (Å²) in [6, 6.07) is 7.86. The lowest BCUT2D eigenvalue weighted by Crippen LogP contribution is -2.18. The van der Waals surface area contributed by atoms with Crippen LogP contribution in [0.1, 0.15) is 23.6 Å². The van der Waals surface area contributed by atoms with E-state index >= 15 is 0 Å². The molecule has 0 aliphatic carbocycles. The molecule has 0 radical (unpaired) electrons. The molecule has 166 valence electrons. The van der Waals surface area contributed by atoms with E-state index in [0.29, 0.717) is 11.4 Å². The van der Waals surface area contributed by atoms with Crippen molar-refractivity contribution in [2.24, 2.45) is 5.73 Å². The van der Waals surface area contributed by atoms with E-state index in [1.165, 1.54) is 6.21 Å². The number of thioether (sulfide) groups is 2. The molecule has 2 unspecified atom stereocenters. The van der Waals surface area contributed by atoms with Gasteiger partial charge in [-0.15, -0.1) is 11.8 Å². The van der Waals surface area contributed by atoms with Gasteiger partial charge in [0.25, 0.3) is 0 Å². The van der Waals surface area contributed by atoms with E-state index in [2.05, 4.69) is 21.4 Å². The Kier molecular flexibility index (Phi) is 7.41. The van der Waals surface area contributed by atoms with Gasteiger partial charge in [-0.2, -0.15) is 0 Å². The van der Waals surface area contributed by atoms with Crippen LogP contribution in [0, 0.1) is 5.41 Å². The van der Waals surface area contributed by atoms with Crippen molar-refractivity contribution in [3.63, 3.8) is 0 Å². The Hall–Kier alpha value is -2.46. The summed E-state index contributed by atoms with van der Waals surface area (Å²) in [4.78, 5) is 13.8. The second-order valence-electron chi connectivity index (χ2n) is 7.30. The third-order valence-electron chi connectivity index (χ3n) is 5.23. The van der Waals surface area contributed by atoms with Gasteiger partial charge in [0.05, 0.1) is 16.3 Å². The van der Waals surface area contributed by atoms with E-state index in [9.17, 15) is 0 Å². The Bertz CT molecular complexity index is 1100. The maximum Gasteiger partial charge on any atom is 0.134 e. The van der Waals surface area contributed by atoms with Crippen molar-refractivity contribution in [1.82, 2.24) is 15.0 Å². The molecule has 32 heavy (non-hydrogen) atoms. The van der Waals surface area contributed by atoms with Gasteiger partial charge < -0.3 is 21.2 Å². The molecule has 4 heterocycles. The molecule has 0 fully saturated rings. The lowest BCUT2D eigenvalue weighted by atomic mass is 9.96. The number of pyridine rings is 3. The summed E-state index contributed by atoms with van der Waals surface area (Å²) < 4.78 is 5.37. The average molecular weight is 467 g/mol. The van der Waals surface area contributed by atoms with Crippen molar-refractivity contribution < 1.29 is 4.74 Å². The summed E-state index contributed by atoms with van der Waals surface area (Å²) in [5.74, 6) is 1.65. The molecule has 0 amide bonds. The number of methoxy groups -OCH3 is 1. The van der Waals surface area contributed by atoms with E-state index in [1.807, 2.05) is 36.2 Å². The number of nitrogens with one attached hydrogen (secondary N) is 2. The highest BCUT2D eigenvalue weighted by Crippen LogP contribution is 2.51. The Balaban J connectivity index is 1.75. The van der Waals surface area contributed by atoms with Crippen LogP contribution in [0.5, 0.6) is 0 Å². The van der Waals surface area contributed by atoms with Crippen LogP contribution in [-0.2, 0) is 4.74 Å². The first-order valence-corrected chi connectivity index (χ1v) is 12.3. The van der Waals surface area contributed by atoms with Crippen molar-refractivity contribution in [3.05, 3.63) is 54.0 Å². The second-order valence-corrected chi connectivity index (χ2v) is 9.98. The summed E-state index contributed by atoms with van der Waals surface area (Å²) >= 11 is 3.58. The predicted molar refractivity (Wildman–Crippen MR) is 134 cm³/mol. The minimum atomic E-state index is -0.124. The molecule has 0 aromatic carbocycles. The van der Waals surface area contributed by atoms with Crippen LogP contribution in [0.2, 0.25) is 0 Å². The molecule has 0 spiro atoms. The van der Waals surface area contributed by atoms with Gasteiger partial charge in [0.15, 0.2) is 0 Å². The van der Waals surface area contributed by atoms with Gasteiger partial charge in [-0.3, -0.25) is 4.98 Å². The molecule has 7 nitrogen and oxygen atoms in total. The van der Waals surface area contributed by atoms with Crippen molar-refractivity contribution in [1.29, 1.82) is 5.41 Å². The summed E-state index contributed by atoms with van der Waals surface area (Å²) in [7, 11) is 3.52. The molecule has 4 N–H and O–H groups in total. The second kappa shape index (κ2) is 10.4. The molecule has 9 heteroatoms. The van der Waals surface area contributed by atoms with Crippen molar-refractivity contribution in [2.45, 2.75) is 22.1 Å². The molecule has 0 saturated carbocycles. The van der Waals surface area contributed by atoms with Crippen LogP contribution in [0.4, 0.5) is 5.82 Å². The van der Waals surface area contributed by atoms with Crippen LogP contribution < -0.4 is 11.1 Å². The predicted octanol–water partition coefficient (Wildman–Crippen LogP) is 4.45. The third kappa shape index (κ3) is 4.66. The zero-order valence-electron chi connectivity index (χ0n) is 18.0. The third-order valence-corrected chi connectivity index (χ3v) is 8.13. The Morgan fingerprint density at radius 3 is 2.91 bits per heavy atom. The van der Waals surface area contributed by atoms with Crippen LogP contribution in [0.3, 0.4) is 0 Å². The molecule has 1 aliphatic rings. The molecule has 3 aromatic heterocycles. The summed E-state index contributed by atoms with van der Waals surface area (Å²) in [5.41, 5.74) is 12.3. The van der Waals surface area contributed by atoms with E-state index in [1.54, 1.807) is 38.3 Å². The average Bonchev–Trinajstić information content (AvgIpc) is 3.16. The number of hydrogen-bond acceptors (Lipinski definition) is 9. The Morgan fingerprint density at radius 2 is 2.19 bits per heavy atom. The molecule has 4 rings (SSSR count). The number of rotatable bonds is 9. The topological polar surface area (TPSA) is 110 Å². The fraction of sp³-hybridized carbons (Fsp3) is 0.304. The smallest absolute Gasteiger partial charge is 0.134 e. The zero-order chi connectivity index (χ0) is 22.5. The number of nitrogens with zero attached hydrogens (tertiary/aromatic N) is 3. The van der Waals surface area contributed by atoms with Crippen molar-refractivity contribution in [3.8, 4) is 22.4 Å². The van der Waals surface area contributed by atoms with E-state index in [-0.39, 0.29) is 10.6 Å². The SMILES string of the molecule is CNc1ncc(-c2cc(-c3cccnc3)c3c(n2)SC(SCCCOC)C3N)cc1C=N. The minimum absolute atomic E-state index is 0.124. The lowest BCUT2D eigenvalue weighted by molar-refractivity contribution is 0.200.